The zero-order valence-corrected chi connectivity index (χ0v) is 15.2. The molecule has 1 saturated heterocycles. The van der Waals surface area contributed by atoms with E-state index < -0.39 is 17.8 Å². The molecule has 3 rings (SSSR count). The van der Waals surface area contributed by atoms with E-state index in [0.717, 1.165) is 19.8 Å². The first-order valence-corrected chi connectivity index (χ1v) is 8.30. The van der Waals surface area contributed by atoms with Gasteiger partial charge in [0.15, 0.2) is 0 Å². The molecular formula is C18H15BrN2O4. The number of anilines is 1. The topological polar surface area (TPSA) is 66.9 Å². The Morgan fingerprint density at radius 1 is 1.00 bits per heavy atom. The number of urea groups is 1. The van der Waals surface area contributed by atoms with Crippen molar-refractivity contribution in [3.05, 3.63) is 58.1 Å². The van der Waals surface area contributed by atoms with Gasteiger partial charge in [-0.05, 0) is 37.3 Å². The number of rotatable bonds is 4. The summed E-state index contributed by atoms with van der Waals surface area (Å²) in [4.78, 5) is 39.1. The third-order valence-corrected chi connectivity index (χ3v) is 4.41. The van der Waals surface area contributed by atoms with Gasteiger partial charge in [-0.1, -0.05) is 33.6 Å². The number of benzene rings is 2. The first kappa shape index (κ1) is 17.2. The Balaban J connectivity index is 1.92. The number of nitrogens with zero attached hydrogens (tertiary/aromatic N) is 2. The summed E-state index contributed by atoms with van der Waals surface area (Å²) in [5, 5.41) is 0. The fourth-order valence-corrected chi connectivity index (χ4v) is 3.02. The first-order valence-electron chi connectivity index (χ1n) is 7.51. The second-order valence-corrected chi connectivity index (χ2v) is 6.52. The molecular weight excluding hydrogens is 388 g/mol. The van der Waals surface area contributed by atoms with Gasteiger partial charge in [0.1, 0.15) is 5.75 Å². The maximum atomic E-state index is 12.7. The average Bonchev–Trinajstić information content (AvgIpc) is 2.80. The van der Waals surface area contributed by atoms with Crippen LogP contribution in [-0.4, -0.2) is 29.9 Å². The summed E-state index contributed by atoms with van der Waals surface area (Å²) in [7, 11) is 1.50. The molecule has 0 bridgehead atoms. The third kappa shape index (κ3) is 3.15. The molecule has 128 valence electrons. The number of hydrogen-bond donors (Lipinski definition) is 0. The number of aryl methyl sites for hydroxylation is 1. The van der Waals surface area contributed by atoms with Gasteiger partial charge in [-0.25, -0.2) is 9.69 Å². The number of carbonyl (C=O) groups excluding carboxylic acids is 3. The van der Waals surface area contributed by atoms with E-state index in [1.54, 1.807) is 42.5 Å². The number of amides is 4. The van der Waals surface area contributed by atoms with E-state index in [1.807, 2.05) is 6.92 Å². The van der Waals surface area contributed by atoms with Crippen LogP contribution in [0.1, 0.15) is 11.1 Å². The highest BCUT2D eigenvalue weighted by Gasteiger charge is 2.45. The van der Waals surface area contributed by atoms with Crippen LogP contribution in [0.5, 0.6) is 5.75 Å². The summed E-state index contributed by atoms with van der Waals surface area (Å²) in [6.07, 6.45) is 0. The van der Waals surface area contributed by atoms with Crippen molar-refractivity contribution in [3.8, 4) is 5.75 Å². The van der Waals surface area contributed by atoms with Crippen LogP contribution in [0.4, 0.5) is 10.5 Å². The van der Waals surface area contributed by atoms with Crippen molar-refractivity contribution in [2.75, 3.05) is 12.0 Å². The summed E-state index contributed by atoms with van der Waals surface area (Å²) in [5.41, 5.74) is 1.99. The molecule has 1 heterocycles. The van der Waals surface area contributed by atoms with Gasteiger partial charge in [-0.2, -0.15) is 0 Å². The Kier molecular flexibility index (Phi) is 4.59. The smallest absolute Gasteiger partial charge is 0.339 e. The monoisotopic (exact) mass is 402 g/mol. The molecule has 7 heteroatoms. The van der Waals surface area contributed by atoms with Gasteiger partial charge >= 0.3 is 17.8 Å². The van der Waals surface area contributed by atoms with Crippen molar-refractivity contribution in [2.24, 2.45) is 0 Å². The molecule has 6 nitrogen and oxygen atoms in total. The molecule has 0 spiro atoms. The summed E-state index contributed by atoms with van der Waals surface area (Å²) in [5.74, 6) is -1.18. The normalized spacial score (nSPS) is 14.4. The van der Waals surface area contributed by atoms with Gasteiger partial charge in [-0.3, -0.25) is 14.5 Å². The highest BCUT2D eigenvalue weighted by molar-refractivity contribution is 9.10. The Bertz CT molecular complexity index is 864. The van der Waals surface area contributed by atoms with Crippen LogP contribution >= 0.6 is 15.9 Å². The van der Waals surface area contributed by atoms with Crippen molar-refractivity contribution in [1.82, 2.24) is 4.90 Å². The van der Waals surface area contributed by atoms with Gasteiger partial charge < -0.3 is 4.74 Å². The molecule has 0 unspecified atom stereocenters. The third-order valence-electron chi connectivity index (χ3n) is 3.92. The van der Waals surface area contributed by atoms with Gasteiger partial charge in [-0.15, -0.1) is 0 Å². The maximum absolute atomic E-state index is 12.7. The predicted molar refractivity (Wildman–Crippen MR) is 95.3 cm³/mol. The minimum Gasteiger partial charge on any atom is -0.496 e. The quantitative estimate of drug-likeness (QED) is 0.581. The summed E-state index contributed by atoms with van der Waals surface area (Å²) < 4.78 is 6.05. The van der Waals surface area contributed by atoms with Crippen LogP contribution in [0.15, 0.2) is 46.9 Å². The van der Waals surface area contributed by atoms with Gasteiger partial charge in [0.25, 0.3) is 0 Å². The molecule has 1 aliphatic heterocycles. The molecule has 1 aliphatic rings. The molecule has 4 amide bonds. The minimum absolute atomic E-state index is 0.0472. The number of carbonyl (C=O) groups is 3. The highest BCUT2D eigenvalue weighted by Crippen LogP contribution is 2.28. The molecule has 0 radical (unpaired) electrons. The van der Waals surface area contributed by atoms with Crippen LogP contribution in [0.3, 0.4) is 0 Å². The number of halogens is 1. The lowest BCUT2D eigenvalue weighted by Crippen LogP contribution is -2.33. The minimum atomic E-state index is -0.859. The lowest BCUT2D eigenvalue weighted by Gasteiger charge is -2.17. The van der Waals surface area contributed by atoms with Gasteiger partial charge in [0.05, 0.1) is 19.3 Å². The van der Waals surface area contributed by atoms with E-state index in [-0.39, 0.29) is 6.54 Å². The van der Waals surface area contributed by atoms with Gasteiger partial charge in [0, 0.05) is 10.0 Å². The molecule has 0 aromatic heterocycles. The van der Waals surface area contributed by atoms with E-state index >= 15 is 0 Å². The standard InChI is InChI=1S/C18H15BrN2O4/c1-11-3-6-14(7-4-11)21-17(23)16(22)20(18(21)24)10-12-9-13(19)5-8-15(12)25-2/h3-9H,10H2,1-2H3. The van der Waals surface area contributed by atoms with Crippen LogP contribution in [-0.2, 0) is 16.1 Å². The fraction of sp³-hybridized carbons (Fsp3) is 0.167. The number of imide groups is 2. The van der Waals surface area contributed by atoms with E-state index in [0.29, 0.717) is 17.0 Å². The second kappa shape index (κ2) is 6.68. The van der Waals surface area contributed by atoms with Crippen molar-refractivity contribution >= 4 is 39.5 Å². The second-order valence-electron chi connectivity index (χ2n) is 5.61. The molecule has 0 N–H and O–H groups in total. The van der Waals surface area contributed by atoms with Crippen molar-refractivity contribution in [3.63, 3.8) is 0 Å². The summed E-state index contributed by atoms with van der Waals surface area (Å²) in [6.45, 7) is 1.85. The summed E-state index contributed by atoms with van der Waals surface area (Å²) in [6, 6.07) is 11.4. The zero-order valence-electron chi connectivity index (χ0n) is 13.7. The molecule has 0 aliphatic carbocycles. The molecule has 2 aromatic carbocycles. The average molecular weight is 403 g/mol. The Morgan fingerprint density at radius 2 is 1.68 bits per heavy atom. The van der Waals surface area contributed by atoms with Crippen molar-refractivity contribution in [2.45, 2.75) is 13.5 Å². The zero-order chi connectivity index (χ0) is 18.1. The molecule has 25 heavy (non-hydrogen) atoms. The van der Waals surface area contributed by atoms with Crippen LogP contribution in [0, 0.1) is 6.92 Å². The van der Waals surface area contributed by atoms with Crippen LogP contribution in [0.2, 0.25) is 0 Å². The first-order chi connectivity index (χ1) is 11.9. The molecule has 2 aromatic rings. The van der Waals surface area contributed by atoms with Crippen molar-refractivity contribution in [1.29, 1.82) is 0 Å². The molecule has 1 fully saturated rings. The van der Waals surface area contributed by atoms with E-state index in [2.05, 4.69) is 15.9 Å². The van der Waals surface area contributed by atoms with E-state index in [1.165, 1.54) is 7.11 Å². The van der Waals surface area contributed by atoms with E-state index in [9.17, 15) is 14.4 Å². The van der Waals surface area contributed by atoms with Crippen molar-refractivity contribution < 1.29 is 19.1 Å². The maximum Gasteiger partial charge on any atom is 0.339 e. The largest absolute Gasteiger partial charge is 0.496 e. The Labute approximate surface area is 153 Å². The number of ether oxygens (including phenoxy) is 1. The van der Waals surface area contributed by atoms with E-state index in [4.69, 9.17) is 4.74 Å². The van der Waals surface area contributed by atoms with Crippen LogP contribution < -0.4 is 9.64 Å². The van der Waals surface area contributed by atoms with Crippen LogP contribution in [0.25, 0.3) is 0 Å². The molecule has 0 saturated carbocycles. The molecule has 0 atom stereocenters. The lowest BCUT2D eigenvalue weighted by molar-refractivity contribution is -0.139. The Hall–Kier alpha value is -2.67. The highest BCUT2D eigenvalue weighted by atomic mass is 79.9. The van der Waals surface area contributed by atoms with Gasteiger partial charge in [0.2, 0.25) is 0 Å². The fourth-order valence-electron chi connectivity index (χ4n) is 2.61. The SMILES string of the molecule is COc1ccc(Br)cc1CN1C(=O)C(=O)N(c2ccc(C)cc2)C1=O. The number of methoxy groups -OCH3 is 1. The summed E-state index contributed by atoms with van der Waals surface area (Å²) >= 11 is 3.35. The number of hydrogen-bond acceptors (Lipinski definition) is 4. The Morgan fingerprint density at radius 3 is 2.32 bits per heavy atom. The predicted octanol–water partition coefficient (Wildman–Crippen LogP) is 3.26. The lowest BCUT2D eigenvalue weighted by atomic mass is 10.2.